The molecule has 64 valence electrons. The first-order valence-electron chi connectivity index (χ1n) is 3.27. The first-order chi connectivity index (χ1) is 5.13. The van der Waals surface area contributed by atoms with E-state index in [1.165, 1.54) is 7.05 Å². The second-order valence-corrected chi connectivity index (χ2v) is 1.84. The van der Waals surface area contributed by atoms with Gasteiger partial charge in [-0.05, 0) is 6.92 Å². The first kappa shape index (κ1) is 9.90. The predicted octanol–water partition coefficient (Wildman–Crippen LogP) is -1.38. The molecule has 5 nitrogen and oxygen atoms in total. The lowest BCUT2D eigenvalue weighted by molar-refractivity contribution is -0.147. The van der Waals surface area contributed by atoms with E-state index in [0.29, 0.717) is 0 Å². The van der Waals surface area contributed by atoms with Crippen LogP contribution in [0.2, 0.25) is 0 Å². The Morgan fingerprint density at radius 3 is 2.55 bits per heavy atom. The molecule has 1 amide bonds. The molecule has 1 atom stereocenters. The zero-order chi connectivity index (χ0) is 8.85. The smallest absolute Gasteiger partial charge is 0.332 e. The molecule has 11 heavy (non-hydrogen) atoms. The van der Waals surface area contributed by atoms with Crippen LogP contribution in [0.3, 0.4) is 0 Å². The third kappa shape index (κ3) is 2.99. The molecule has 1 unspecified atom stereocenters. The maximum Gasteiger partial charge on any atom is 0.332 e. The van der Waals surface area contributed by atoms with Gasteiger partial charge in [0.1, 0.15) is 0 Å². The highest BCUT2D eigenvalue weighted by molar-refractivity contribution is 6.01. The highest BCUT2D eigenvalue weighted by Crippen LogP contribution is 1.84. The highest BCUT2D eigenvalue weighted by atomic mass is 16.5. The second-order valence-electron chi connectivity index (χ2n) is 1.84. The molecule has 0 aromatic heterocycles. The summed E-state index contributed by atoms with van der Waals surface area (Å²) in [5.41, 5.74) is 5.17. The number of rotatable bonds is 3. The van der Waals surface area contributed by atoms with Gasteiger partial charge in [-0.25, -0.2) is 4.79 Å². The largest absolute Gasteiger partial charge is 0.464 e. The number of carbonyl (C=O) groups excluding carboxylic acids is 2. The van der Waals surface area contributed by atoms with Gasteiger partial charge in [-0.15, -0.1) is 0 Å². The van der Waals surface area contributed by atoms with Crippen LogP contribution >= 0.6 is 0 Å². The fourth-order valence-electron chi connectivity index (χ4n) is 0.495. The van der Waals surface area contributed by atoms with E-state index in [4.69, 9.17) is 5.73 Å². The van der Waals surface area contributed by atoms with E-state index < -0.39 is 17.9 Å². The Labute approximate surface area is 64.9 Å². The van der Waals surface area contributed by atoms with E-state index in [1.807, 2.05) is 0 Å². The Balaban J connectivity index is 3.91. The van der Waals surface area contributed by atoms with Gasteiger partial charge in [0, 0.05) is 7.05 Å². The Morgan fingerprint density at radius 1 is 1.64 bits per heavy atom. The molecule has 0 saturated heterocycles. The number of nitrogens with two attached hydrogens (primary N) is 1. The van der Waals surface area contributed by atoms with Crippen LogP contribution in [0, 0.1) is 0 Å². The maximum atomic E-state index is 10.7. The van der Waals surface area contributed by atoms with Crippen LogP contribution in [0.25, 0.3) is 0 Å². The van der Waals surface area contributed by atoms with Crippen molar-refractivity contribution in [1.29, 1.82) is 0 Å². The molecular formula is C6H12N2O3. The summed E-state index contributed by atoms with van der Waals surface area (Å²) in [6.45, 7) is 1.87. The number of ether oxygens (including phenoxy) is 1. The summed E-state index contributed by atoms with van der Waals surface area (Å²) in [5, 5.41) is 2.24. The number of esters is 1. The Bertz CT molecular complexity index is 158. The molecule has 3 N–H and O–H groups in total. The van der Waals surface area contributed by atoms with Crippen molar-refractivity contribution in [3.63, 3.8) is 0 Å². The van der Waals surface area contributed by atoms with Crippen molar-refractivity contribution in [3.05, 3.63) is 0 Å². The zero-order valence-corrected chi connectivity index (χ0v) is 6.59. The van der Waals surface area contributed by atoms with Gasteiger partial charge in [-0.2, -0.15) is 0 Å². The number of carbonyl (C=O) groups is 2. The average Bonchev–Trinajstić information content (AvgIpc) is 2.02. The summed E-state index contributed by atoms with van der Waals surface area (Å²) in [4.78, 5) is 21.4. The van der Waals surface area contributed by atoms with Crippen LogP contribution in [0.1, 0.15) is 6.92 Å². The molecule has 0 aromatic rings. The van der Waals surface area contributed by atoms with Crippen LogP contribution in [-0.2, 0) is 14.3 Å². The third-order valence-corrected chi connectivity index (χ3v) is 1.07. The van der Waals surface area contributed by atoms with Gasteiger partial charge in [0.2, 0.25) is 5.91 Å². The van der Waals surface area contributed by atoms with Gasteiger partial charge in [-0.1, -0.05) is 0 Å². The van der Waals surface area contributed by atoms with Crippen LogP contribution in [-0.4, -0.2) is 31.6 Å². The van der Waals surface area contributed by atoms with E-state index in [2.05, 4.69) is 10.1 Å². The van der Waals surface area contributed by atoms with Gasteiger partial charge in [0.05, 0.1) is 6.61 Å². The third-order valence-electron chi connectivity index (χ3n) is 1.07. The summed E-state index contributed by atoms with van der Waals surface area (Å²) in [6, 6.07) is -1.21. The van der Waals surface area contributed by atoms with Crippen LogP contribution in [0.5, 0.6) is 0 Å². The molecule has 0 aliphatic carbocycles. The van der Waals surface area contributed by atoms with E-state index >= 15 is 0 Å². The summed E-state index contributed by atoms with van der Waals surface area (Å²) in [7, 11) is 1.40. The molecule has 0 aliphatic heterocycles. The SMILES string of the molecule is CCOC(=O)C(N)C(=O)NC. The zero-order valence-electron chi connectivity index (χ0n) is 6.59. The Morgan fingerprint density at radius 2 is 2.18 bits per heavy atom. The molecule has 0 radical (unpaired) electrons. The van der Waals surface area contributed by atoms with E-state index in [0.717, 1.165) is 0 Å². The topological polar surface area (TPSA) is 81.4 Å². The fourth-order valence-corrected chi connectivity index (χ4v) is 0.495. The van der Waals surface area contributed by atoms with E-state index in [1.54, 1.807) is 6.92 Å². The van der Waals surface area contributed by atoms with Crippen molar-refractivity contribution in [2.45, 2.75) is 13.0 Å². The molecule has 0 saturated carbocycles. The lowest BCUT2D eigenvalue weighted by atomic mass is 10.3. The minimum atomic E-state index is -1.21. The normalized spacial score (nSPS) is 11.9. The number of likely N-dealkylation sites (N-methyl/N-ethyl adjacent to an activating group) is 1. The van der Waals surface area contributed by atoms with Crippen LogP contribution < -0.4 is 11.1 Å². The molecular weight excluding hydrogens is 148 g/mol. The molecule has 0 aromatic carbocycles. The Kier molecular flexibility index (Phi) is 4.21. The summed E-state index contributed by atoms with van der Waals surface area (Å²) >= 11 is 0. The monoisotopic (exact) mass is 160 g/mol. The summed E-state index contributed by atoms with van der Waals surface area (Å²) in [5.74, 6) is -1.24. The van der Waals surface area contributed by atoms with Gasteiger partial charge >= 0.3 is 5.97 Å². The number of hydrogen-bond acceptors (Lipinski definition) is 4. The number of hydrogen-bond donors (Lipinski definition) is 2. The maximum absolute atomic E-state index is 10.7. The summed E-state index contributed by atoms with van der Waals surface area (Å²) < 4.78 is 4.50. The molecule has 5 heteroatoms. The van der Waals surface area contributed by atoms with Gasteiger partial charge in [0.25, 0.3) is 0 Å². The lowest BCUT2D eigenvalue weighted by Gasteiger charge is -2.07. The highest BCUT2D eigenvalue weighted by Gasteiger charge is 2.21. The molecule has 0 bridgehead atoms. The van der Waals surface area contributed by atoms with Crippen LogP contribution in [0.15, 0.2) is 0 Å². The van der Waals surface area contributed by atoms with Crippen molar-refractivity contribution in [3.8, 4) is 0 Å². The van der Waals surface area contributed by atoms with E-state index in [-0.39, 0.29) is 6.61 Å². The van der Waals surface area contributed by atoms with Crippen molar-refractivity contribution < 1.29 is 14.3 Å². The number of amides is 1. The van der Waals surface area contributed by atoms with Crippen molar-refractivity contribution in [1.82, 2.24) is 5.32 Å². The quantitative estimate of drug-likeness (QED) is 0.394. The minimum Gasteiger partial charge on any atom is -0.464 e. The molecule has 0 rings (SSSR count). The van der Waals surface area contributed by atoms with Gasteiger partial charge < -0.3 is 15.8 Å². The predicted molar refractivity (Wildman–Crippen MR) is 38.7 cm³/mol. The van der Waals surface area contributed by atoms with Crippen LogP contribution in [0.4, 0.5) is 0 Å². The minimum absolute atomic E-state index is 0.226. The Hall–Kier alpha value is -1.10. The fraction of sp³-hybridized carbons (Fsp3) is 0.667. The number of nitrogens with one attached hydrogen (secondary N) is 1. The molecule has 0 spiro atoms. The second kappa shape index (κ2) is 4.68. The molecule has 0 aliphatic rings. The van der Waals surface area contributed by atoms with Crippen molar-refractivity contribution in [2.75, 3.05) is 13.7 Å². The van der Waals surface area contributed by atoms with Gasteiger partial charge in [-0.3, -0.25) is 4.79 Å². The first-order valence-corrected chi connectivity index (χ1v) is 3.27. The van der Waals surface area contributed by atoms with Crippen molar-refractivity contribution >= 4 is 11.9 Å². The molecule has 0 fully saturated rings. The molecule has 0 heterocycles. The standard InChI is InChI=1S/C6H12N2O3/c1-3-11-6(10)4(7)5(9)8-2/h4H,3,7H2,1-2H3,(H,8,9). The lowest BCUT2D eigenvalue weighted by Crippen LogP contribution is -2.45. The van der Waals surface area contributed by atoms with Crippen molar-refractivity contribution in [2.24, 2.45) is 5.73 Å². The van der Waals surface area contributed by atoms with E-state index in [9.17, 15) is 9.59 Å². The summed E-state index contributed by atoms with van der Waals surface area (Å²) in [6.07, 6.45) is 0. The van der Waals surface area contributed by atoms with Gasteiger partial charge in [0.15, 0.2) is 6.04 Å². The average molecular weight is 160 g/mol.